The van der Waals surface area contributed by atoms with Gasteiger partial charge in [-0.2, -0.15) is 0 Å². The summed E-state index contributed by atoms with van der Waals surface area (Å²) >= 11 is 0. The van der Waals surface area contributed by atoms with Gasteiger partial charge in [0.2, 0.25) is 0 Å². The average Bonchev–Trinajstić information content (AvgIpc) is 3.29. The predicted molar refractivity (Wildman–Crippen MR) is 112 cm³/mol. The van der Waals surface area contributed by atoms with Gasteiger partial charge in [-0.15, -0.1) is 5.10 Å². The predicted octanol–water partition coefficient (Wildman–Crippen LogP) is 2.33. The lowest BCUT2D eigenvalue weighted by Crippen LogP contribution is -2.51. The quantitative estimate of drug-likeness (QED) is 0.655. The Morgan fingerprint density at radius 2 is 1.77 bits per heavy atom. The summed E-state index contributed by atoms with van der Waals surface area (Å²) in [5, 5.41) is 14.2. The minimum absolute atomic E-state index is 0.237. The molecule has 4 saturated carbocycles. The highest BCUT2D eigenvalue weighted by atomic mass is 16.5. The van der Waals surface area contributed by atoms with E-state index >= 15 is 0 Å². The third-order valence-electron chi connectivity index (χ3n) is 7.40. The molecule has 1 atom stereocenters. The van der Waals surface area contributed by atoms with Crippen molar-refractivity contribution in [1.82, 2.24) is 25.5 Å². The number of amides is 1. The molecule has 6 rings (SSSR count). The van der Waals surface area contributed by atoms with E-state index in [1.165, 1.54) is 49.5 Å². The summed E-state index contributed by atoms with van der Waals surface area (Å²) in [5.74, 6) is 1.78. The van der Waals surface area contributed by atoms with Crippen molar-refractivity contribution in [3.05, 3.63) is 42.2 Å². The van der Waals surface area contributed by atoms with E-state index in [1.54, 1.807) is 0 Å². The van der Waals surface area contributed by atoms with Crippen molar-refractivity contribution in [2.75, 3.05) is 13.2 Å². The molecular weight excluding hydrogens is 394 g/mol. The van der Waals surface area contributed by atoms with Crippen LogP contribution in [0.2, 0.25) is 0 Å². The summed E-state index contributed by atoms with van der Waals surface area (Å²) in [5.41, 5.74) is 1.22. The summed E-state index contributed by atoms with van der Waals surface area (Å²) in [6.07, 6.45) is 9.62. The van der Waals surface area contributed by atoms with E-state index in [1.807, 2.05) is 30.3 Å². The van der Waals surface area contributed by atoms with E-state index in [0.717, 1.165) is 23.3 Å². The van der Waals surface area contributed by atoms with Gasteiger partial charge in [0.15, 0.2) is 12.6 Å². The Balaban J connectivity index is 1.15. The lowest BCUT2D eigenvalue weighted by Gasteiger charge is -2.56. The van der Waals surface area contributed by atoms with Crippen LogP contribution in [-0.4, -0.2) is 45.2 Å². The summed E-state index contributed by atoms with van der Waals surface area (Å²) in [7, 11) is 0. The number of nitrogens with one attached hydrogen (secondary N) is 1. The largest absolute Gasteiger partial charge is 0.454 e. The van der Waals surface area contributed by atoms with E-state index in [0.29, 0.717) is 13.0 Å². The maximum atomic E-state index is 12.8. The molecule has 8 nitrogen and oxygen atoms in total. The lowest BCUT2D eigenvalue weighted by atomic mass is 9.49. The molecule has 0 unspecified atom stereocenters. The molecule has 31 heavy (non-hydrogen) atoms. The van der Waals surface area contributed by atoms with E-state index in [4.69, 9.17) is 4.74 Å². The Hall–Kier alpha value is -2.77. The molecular formula is C23H29N5O3. The zero-order valence-corrected chi connectivity index (χ0v) is 17.7. The Morgan fingerprint density at radius 1 is 1.10 bits per heavy atom. The number of rotatable bonds is 8. The maximum absolute atomic E-state index is 12.8. The highest BCUT2D eigenvalue weighted by molar-refractivity contribution is 5.81. The number of esters is 1. The second-order valence-electron chi connectivity index (χ2n) is 9.80. The molecule has 1 N–H and O–H groups in total. The smallest absolute Gasteiger partial charge is 0.331 e. The highest BCUT2D eigenvalue weighted by Crippen LogP contribution is 2.59. The fourth-order valence-corrected chi connectivity index (χ4v) is 6.51. The first-order chi connectivity index (χ1) is 15.1. The topological polar surface area (TPSA) is 99.0 Å². The Bertz CT molecular complexity index is 879. The number of nitrogens with zero attached hydrogens (tertiary/aromatic N) is 4. The van der Waals surface area contributed by atoms with Crippen LogP contribution < -0.4 is 5.32 Å². The molecule has 4 bridgehead atoms. The SMILES string of the molecule is O=C(COC(=O)[C@H](Cc1ccccc1)n1cnnn1)NCC12CC3CC(CC(C3)C1)C2. The molecule has 164 valence electrons. The third kappa shape index (κ3) is 4.48. The van der Waals surface area contributed by atoms with Crippen molar-refractivity contribution in [2.24, 2.45) is 23.2 Å². The fourth-order valence-electron chi connectivity index (χ4n) is 6.51. The van der Waals surface area contributed by atoms with Gasteiger partial charge in [0.1, 0.15) is 6.33 Å². The number of carbonyl (C=O) groups excluding carboxylic acids is 2. The fraction of sp³-hybridized carbons (Fsp3) is 0.609. The van der Waals surface area contributed by atoms with Gasteiger partial charge < -0.3 is 10.1 Å². The molecule has 0 saturated heterocycles. The molecule has 8 heteroatoms. The first kappa shape index (κ1) is 20.2. The summed E-state index contributed by atoms with van der Waals surface area (Å²) in [6, 6.07) is 8.89. The minimum atomic E-state index is -0.714. The van der Waals surface area contributed by atoms with Gasteiger partial charge in [-0.25, -0.2) is 9.48 Å². The normalized spacial score (nSPS) is 29.5. The standard InChI is InChI=1S/C23H29N5O3/c29-21(24-14-23-10-17-6-18(11-23)8-19(7-17)12-23)13-31-22(30)20(28-15-25-26-27-28)9-16-4-2-1-3-5-16/h1-5,15,17-20H,6-14H2,(H,24,29)/t17?,18?,19?,20-,23?/m0/s1. The monoisotopic (exact) mass is 423 g/mol. The molecule has 0 aliphatic heterocycles. The molecule has 1 aromatic heterocycles. The first-order valence-electron chi connectivity index (χ1n) is 11.3. The van der Waals surface area contributed by atoms with Crippen molar-refractivity contribution in [3.8, 4) is 0 Å². The summed E-state index contributed by atoms with van der Waals surface area (Å²) < 4.78 is 6.74. The molecule has 1 amide bonds. The van der Waals surface area contributed by atoms with Gasteiger partial charge in [-0.1, -0.05) is 30.3 Å². The Labute approximate surface area is 181 Å². The number of tetrazole rings is 1. The van der Waals surface area contributed by atoms with Crippen LogP contribution in [0.15, 0.2) is 36.7 Å². The van der Waals surface area contributed by atoms with Gasteiger partial charge in [-0.3, -0.25) is 4.79 Å². The molecule has 1 heterocycles. The van der Waals surface area contributed by atoms with Gasteiger partial charge >= 0.3 is 5.97 Å². The number of carbonyl (C=O) groups is 2. The van der Waals surface area contributed by atoms with Crippen molar-refractivity contribution in [3.63, 3.8) is 0 Å². The van der Waals surface area contributed by atoms with Crippen LogP contribution in [0.25, 0.3) is 0 Å². The van der Waals surface area contributed by atoms with Crippen LogP contribution >= 0.6 is 0 Å². The Morgan fingerprint density at radius 3 is 2.39 bits per heavy atom. The maximum Gasteiger partial charge on any atom is 0.331 e. The third-order valence-corrected chi connectivity index (χ3v) is 7.40. The van der Waals surface area contributed by atoms with Crippen LogP contribution in [0.5, 0.6) is 0 Å². The van der Waals surface area contributed by atoms with Gasteiger partial charge in [0.25, 0.3) is 5.91 Å². The zero-order valence-electron chi connectivity index (χ0n) is 17.7. The number of benzene rings is 1. The zero-order chi connectivity index (χ0) is 21.3. The number of aromatic nitrogens is 4. The molecule has 0 spiro atoms. The summed E-state index contributed by atoms with van der Waals surface area (Å²) in [4.78, 5) is 25.2. The van der Waals surface area contributed by atoms with E-state index in [9.17, 15) is 9.59 Å². The highest BCUT2D eigenvalue weighted by Gasteiger charge is 2.50. The number of hydrogen-bond donors (Lipinski definition) is 1. The molecule has 0 radical (unpaired) electrons. The van der Waals surface area contributed by atoms with Crippen LogP contribution in [0.3, 0.4) is 0 Å². The van der Waals surface area contributed by atoms with Crippen LogP contribution in [-0.2, 0) is 20.7 Å². The lowest BCUT2D eigenvalue weighted by molar-refractivity contribution is -0.152. The molecule has 2 aromatic rings. The minimum Gasteiger partial charge on any atom is -0.454 e. The van der Waals surface area contributed by atoms with Gasteiger partial charge in [0, 0.05) is 13.0 Å². The average molecular weight is 424 g/mol. The first-order valence-corrected chi connectivity index (χ1v) is 11.3. The van der Waals surface area contributed by atoms with Crippen LogP contribution in [0, 0.1) is 23.2 Å². The Kier molecular flexibility index (Phi) is 5.46. The summed E-state index contributed by atoms with van der Waals surface area (Å²) in [6.45, 7) is 0.423. The van der Waals surface area contributed by atoms with Crippen molar-refractivity contribution in [2.45, 2.75) is 51.0 Å². The molecule has 4 fully saturated rings. The van der Waals surface area contributed by atoms with E-state index < -0.39 is 12.0 Å². The van der Waals surface area contributed by atoms with Gasteiger partial charge in [0.05, 0.1) is 0 Å². The number of hydrogen-bond acceptors (Lipinski definition) is 6. The second-order valence-corrected chi connectivity index (χ2v) is 9.80. The van der Waals surface area contributed by atoms with Crippen molar-refractivity contribution < 1.29 is 14.3 Å². The van der Waals surface area contributed by atoms with Crippen molar-refractivity contribution >= 4 is 11.9 Å². The van der Waals surface area contributed by atoms with Crippen LogP contribution in [0.4, 0.5) is 0 Å². The molecule has 1 aromatic carbocycles. The molecule has 4 aliphatic rings. The molecule has 4 aliphatic carbocycles. The van der Waals surface area contributed by atoms with Crippen molar-refractivity contribution in [1.29, 1.82) is 0 Å². The number of ether oxygens (including phenoxy) is 1. The van der Waals surface area contributed by atoms with E-state index in [-0.39, 0.29) is 17.9 Å². The van der Waals surface area contributed by atoms with E-state index in [2.05, 4.69) is 20.8 Å². The second kappa shape index (κ2) is 8.40. The van der Waals surface area contributed by atoms with Crippen LogP contribution in [0.1, 0.15) is 50.1 Å². The van der Waals surface area contributed by atoms with Gasteiger partial charge in [-0.05, 0) is 77.7 Å².